The van der Waals surface area contributed by atoms with E-state index in [9.17, 15) is 9.59 Å². The average molecular weight is 371 g/mol. The highest BCUT2D eigenvalue weighted by Gasteiger charge is 2.70. The molecule has 0 spiro atoms. The van der Waals surface area contributed by atoms with Crippen molar-refractivity contribution in [2.75, 3.05) is 14.2 Å². The van der Waals surface area contributed by atoms with Crippen molar-refractivity contribution >= 4 is 20.3 Å². The number of carbonyl (C=O) groups is 2. The Kier molecular flexibility index (Phi) is 5.21. The third-order valence-corrected chi connectivity index (χ3v) is 11.6. The van der Waals surface area contributed by atoms with Gasteiger partial charge < -0.3 is 13.9 Å². The highest BCUT2D eigenvalue weighted by molar-refractivity contribution is 6.74. The number of hydrogen-bond acceptors (Lipinski definition) is 5. The summed E-state index contributed by atoms with van der Waals surface area (Å²) in [5.74, 6) is -0.684. The van der Waals surface area contributed by atoms with Crippen molar-refractivity contribution in [3.05, 3.63) is 0 Å². The maximum atomic E-state index is 12.4. The fraction of sp³-hybridized carbons (Fsp3) is 0.895. The minimum Gasteiger partial charge on any atom is -0.469 e. The van der Waals surface area contributed by atoms with Crippen LogP contribution in [0, 0.1) is 17.3 Å². The minimum atomic E-state index is -2.08. The fourth-order valence-corrected chi connectivity index (χ4v) is 6.19. The second kappa shape index (κ2) is 6.37. The zero-order valence-corrected chi connectivity index (χ0v) is 18.0. The third kappa shape index (κ3) is 3.16. The molecule has 2 aliphatic rings. The first-order valence-corrected chi connectivity index (χ1v) is 12.1. The summed E-state index contributed by atoms with van der Waals surface area (Å²) in [6, 6.07) is 0. The quantitative estimate of drug-likeness (QED) is 0.554. The predicted molar refractivity (Wildman–Crippen MR) is 98.6 cm³/mol. The molecular weight excluding hydrogens is 336 g/mol. The van der Waals surface area contributed by atoms with Gasteiger partial charge in [0.25, 0.3) is 0 Å². The molecule has 0 aromatic rings. The molecule has 0 saturated heterocycles. The Morgan fingerprint density at radius 1 is 1.04 bits per heavy atom. The number of hydrogen-bond donors (Lipinski definition) is 0. The van der Waals surface area contributed by atoms with Crippen molar-refractivity contribution in [1.82, 2.24) is 0 Å². The molecule has 5 nitrogen and oxygen atoms in total. The first kappa shape index (κ1) is 20.4. The molecule has 0 aromatic heterocycles. The second-order valence-corrected chi connectivity index (χ2v) is 14.3. The summed E-state index contributed by atoms with van der Waals surface area (Å²) in [4.78, 5) is 24.5. The molecule has 0 radical (unpaired) electrons. The van der Waals surface area contributed by atoms with Crippen LogP contribution >= 0.6 is 0 Å². The number of esters is 2. The topological polar surface area (TPSA) is 61.8 Å². The summed E-state index contributed by atoms with van der Waals surface area (Å²) in [6.07, 6.45) is 2.82. The molecule has 2 fully saturated rings. The second-order valence-electron chi connectivity index (χ2n) is 9.56. The largest absolute Gasteiger partial charge is 0.469 e. The summed E-state index contributed by atoms with van der Waals surface area (Å²) in [6.45, 7) is 13.2. The number of rotatable bonds is 4. The van der Waals surface area contributed by atoms with E-state index in [0.717, 1.165) is 0 Å². The van der Waals surface area contributed by atoms with Gasteiger partial charge in [0.15, 0.2) is 8.32 Å². The maximum Gasteiger partial charge on any atom is 0.311 e. The Labute approximate surface area is 152 Å². The predicted octanol–water partition coefficient (Wildman–Crippen LogP) is 3.92. The van der Waals surface area contributed by atoms with Crippen molar-refractivity contribution < 1.29 is 23.5 Å². The molecule has 4 atom stereocenters. The third-order valence-electron chi connectivity index (χ3n) is 7.06. The van der Waals surface area contributed by atoms with Gasteiger partial charge in [-0.05, 0) is 49.2 Å². The highest BCUT2D eigenvalue weighted by atomic mass is 28.4. The van der Waals surface area contributed by atoms with Gasteiger partial charge >= 0.3 is 11.9 Å². The molecule has 0 heterocycles. The number of carbonyl (C=O) groups excluding carboxylic acids is 2. The first-order valence-electron chi connectivity index (χ1n) is 9.19. The molecule has 144 valence electrons. The molecule has 0 bridgehead atoms. The van der Waals surface area contributed by atoms with Gasteiger partial charge in [-0.1, -0.05) is 27.7 Å². The van der Waals surface area contributed by atoms with Crippen LogP contribution in [-0.2, 0) is 23.5 Å². The molecular formula is C19H34O5Si. The van der Waals surface area contributed by atoms with Crippen LogP contribution in [0.4, 0.5) is 0 Å². The fourth-order valence-electron chi connectivity index (χ4n) is 4.48. The van der Waals surface area contributed by atoms with E-state index in [-0.39, 0.29) is 34.2 Å². The van der Waals surface area contributed by atoms with Crippen molar-refractivity contribution in [2.24, 2.45) is 17.3 Å². The number of ether oxygens (including phenoxy) is 2. The van der Waals surface area contributed by atoms with Crippen molar-refractivity contribution in [3.63, 3.8) is 0 Å². The van der Waals surface area contributed by atoms with Crippen LogP contribution in [0.2, 0.25) is 18.1 Å². The van der Waals surface area contributed by atoms with Gasteiger partial charge in [0, 0.05) is 0 Å². The summed E-state index contributed by atoms with van der Waals surface area (Å²) in [5.41, 5.74) is -0.716. The zero-order valence-electron chi connectivity index (χ0n) is 17.0. The van der Waals surface area contributed by atoms with E-state index >= 15 is 0 Å². The van der Waals surface area contributed by atoms with Crippen LogP contribution in [0.15, 0.2) is 0 Å². The summed E-state index contributed by atoms with van der Waals surface area (Å²) in [7, 11) is 0.800. The Morgan fingerprint density at radius 2 is 1.60 bits per heavy atom. The molecule has 0 unspecified atom stereocenters. The van der Waals surface area contributed by atoms with Gasteiger partial charge in [-0.2, -0.15) is 0 Å². The normalized spacial score (nSPS) is 35.4. The van der Waals surface area contributed by atoms with Crippen LogP contribution in [0.1, 0.15) is 53.4 Å². The van der Waals surface area contributed by atoms with E-state index in [4.69, 9.17) is 13.9 Å². The van der Waals surface area contributed by atoms with E-state index in [1.165, 1.54) is 14.2 Å². The summed E-state index contributed by atoms with van der Waals surface area (Å²) < 4.78 is 17.0. The monoisotopic (exact) mass is 370 g/mol. The van der Waals surface area contributed by atoms with Crippen molar-refractivity contribution in [2.45, 2.75) is 77.1 Å². The molecule has 0 N–H and O–H groups in total. The van der Waals surface area contributed by atoms with Gasteiger partial charge in [0.1, 0.15) is 0 Å². The van der Waals surface area contributed by atoms with E-state index in [1.54, 1.807) is 0 Å². The van der Waals surface area contributed by atoms with Gasteiger partial charge in [-0.25, -0.2) is 0 Å². The van der Waals surface area contributed by atoms with Crippen LogP contribution in [-0.4, -0.2) is 40.1 Å². The number of methoxy groups -OCH3 is 2. The minimum absolute atomic E-state index is 0.0537. The summed E-state index contributed by atoms with van der Waals surface area (Å²) in [5, 5.41) is 0.0537. The molecule has 0 aliphatic heterocycles. The smallest absolute Gasteiger partial charge is 0.311 e. The lowest BCUT2D eigenvalue weighted by Gasteiger charge is -2.67. The average Bonchev–Trinajstić information content (AvgIpc) is 2.51. The molecule has 25 heavy (non-hydrogen) atoms. The molecule has 6 heteroatoms. The molecule has 2 aliphatic carbocycles. The van der Waals surface area contributed by atoms with Crippen LogP contribution < -0.4 is 0 Å². The lowest BCUT2D eigenvalue weighted by Crippen LogP contribution is -2.72. The highest BCUT2D eigenvalue weighted by Crippen LogP contribution is 2.66. The lowest BCUT2D eigenvalue weighted by atomic mass is 9.44. The Bertz CT molecular complexity index is 553. The van der Waals surface area contributed by atoms with Gasteiger partial charge in [0.2, 0.25) is 0 Å². The van der Waals surface area contributed by atoms with E-state index in [1.807, 2.05) is 0 Å². The molecule has 2 rings (SSSR count). The molecule has 0 amide bonds. The molecule has 2 saturated carbocycles. The Balaban J connectivity index is 2.37. The van der Waals surface area contributed by atoms with Gasteiger partial charge in [0.05, 0.1) is 31.7 Å². The van der Waals surface area contributed by atoms with Crippen molar-refractivity contribution in [3.8, 4) is 0 Å². The zero-order chi connectivity index (χ0) is 19.3. The van der Waals surface area contributed by atoms with Crippen LogP contribution in [0.25, 0.3) is 0 Å². The Hall–Kier alpha value is -0.883. The lowest BCUT2D eigenvalue weighted by molar-refractivity contribution is -0.236. The van der Waals surface area contributed by atoms with E-state index < -0.39 is 13.9 Å². The summed E-state index contributed by atoms with van der Waals surface area (Å²) >= 11 is 0. The van der Waals surface area contributed by atoms with Crippen molar-refractivity contribution in [1.29, 1.82) is 0 Å². The number of fused-ring (bicyclic) bond motifs is 1. The van der Waals surface area contributed by atoms with E-state index in [2.05, 4.69) is 40.8 Å². The maximum absolute atomic E-state index is 12.4. The van der Waals surface area contributed by atoms with Crippen LogP contribution in [0.3, 0.4) is 0 Å². The standard InChI is InChI=1S/C19H34O5Si/c1-17(2,3)25(7,8)24-19-10-9-13(15(20)22-5)11-18(19,4)12-14(19)16(21)23-6/h13-14H,9-12H2,1-8H3/t13-,14-,18-,19-/m1/s1. The van der Waals surface area contributed by atoms with E-state index in [0.29, 0.717) is 25.7 Å². The van der Waals surface area contributed by atoms with Crippen LogP contribution in [0.5, 0.6) is 0 Å². The SMILES string of the molecule is COC(=O)[C@@H]1CC[C@@]2(O[Si](C)(C)C(C)(C)C)[C@@H](C(=O)OC)C[C@@]2(C)C1. The first-order chi connectivity index (χ1) is 11.3. The van der Waals surface area contributed by atoms with Gasteiger partial charge in [-0.15, -0.1) is 0 Å². The molecule has 0 aromatic carbocycles. The Morgan fingerprint density at radius 3 is 2.04 bits per heavy atom. The van der Waals surface area contributed by atoms with Gasteiger partial charge in [-0.3, -0.25) is 9.59 Å².